The van der Waals surface area contributed by atoms with Crippen molar-refractivity contribution in [3.63, 3.8) is 0 Å². The van der Waals surface area contributed by atoms with Gasteiger partial charge >= 0.3 is 5.97 Å². The standard InChI is InChI=1S/C15H21NO3S/c1-10-5-3-4-6-12(10)16-13(17)9-19-15(18)14-11(2)7-8-20-14/h7-8,10,12H,3-6,9H2,1-2H3,(H,16,17)/t10-,12-/m1/s1. The average Bonchev–Trinajstić information content (AvgIpc) is 2.85. The molecule has 0 spiro atoms. The molecule has 5 heteroatoms. The van der Waals surface area contributed by atoms with Crippen molar-refractivity contribution in [2.24, 2.45) is 5.92 Å². The highest BCUT2D eigenvalue weighted by Crippen LogP contribution is 2.23. The van der Waals surface area contributed by atoms with E-state index in [1.54, 1.807) is 0 Å². The van der Waals surface area contributed by atoms with Gasteiger partial charge in [-0.1, -0.05) is 19.8 Å². The molecule has 1 N–H and O–H groups in total. The van der Waals surface area contributed by atoms with Gasteiger partial charge in [-0.15, -0.1) is 11.3 Å². The predicted octanol–water partition coefficient (Wildman–Crippen LogP) is 2.91. The van der Waals surface area contributed by atoms with E-state index in [1.165, 1.54) is 17.8 Å². The topological polar surface area (TPSA) is 55.4 Å². The maximum atomic E-state index is 11.8. The van der Waals surface area contributed by atoms with Crippen molar-refractivity contribution < 1.29 is 14.3 Å². The third-order valence-corrected chi connectivity index (χ3v) is 4.84. The van der Waals surface area contributed by atoms with Gasteiger partial charge < -0.3 is 10.1 Å². The second kappa shape index (κ2) is 6.88. The minimum absolute atomic E-state index is 0.195. The van der Waals surface area contributed by atoms with Crippen LogP contribution in [0.25, 0.3) is 0 Å². The summed E-state index contributed by atoms with van der Waals surface area (Å²) < 4.78 is 5.07. The molecule has 4 nitrogen and oxygen atoms in total. The zero-order chi connectivity index (χ0) is 14.5. The van der Waals surface area contributed by atoms with Gasteiger partial charge in [-0.25, -0.2) is 4.79 Å². The lowest BCUT2D eigenvalue weighted by atomic mass is 9.86. The molecule has 0 unspecified atom stereocenters. The number of carbonyl (C=O) groups excluding carboxylic acids is 2. The van der Waals surface area contributed by atoms with Gasteiger partial charge in [-0.2, -0.15) is 0 Å². The maximum absolute atomic E-state index is 11.8. The van der Waals surface area contributed by atoms with Crippen LogP contribution in [0.4, 0.5) is 0 Å². The molecule has 1 aliphatic carbocycles. The van der Waals surface area contributed by atoms with E-state index in [0.29, 0.717) is 10.8 Å². The third kappa shape index (κ3) is 3.82. The van der Waals surface area contributed by atoms with E-state index in [2.05, 4.69) is 12.2 Å². The zero-order valence-electron chi connectivity index (χ0n) is 12.0. The van der Waals surface area contributed by atoms with Crippen molar-refractivity contribution in [2.45, 2.75) is 45.6 Å². The van der Waals surface area contributed by atoms with Crippen LogP contribution in [0.2, 0.25) is 0 Å². The van der Waals surface area contributed by atoms with Crippen LogP contribution in [-0.2, 0) is 9.53 Å². The fraction of sp³-hybridized carbons (Fsp3) is 0.600. The fourth-order valence-electron chi connectivity index (χ4n) is 2.56. The number of ether oxygens (including phenoxy) is 1. The van der Waals surface area contributed by atoms with E-state index in [-0.39, 0.29) is 18.6 Å². The molecule has 20 heavy (non-hydrogen) atoms. The Kier molecular flexibility index (Phi) is 5.17. The van der Waals surface area contributed by atoms with E-state index in [9.17, 15) is 9.59 Å². The molecule has 2 rings (SSSR count). The highest BCUT2D eigenvalue weighted by atomic mass is 32.1. The van der Waals surface area contributed by atoms with Crippen LogP contribution in [0.15, 0.2) is 11.4 Å². The molecule has 0 bridgehead atoms. The number of nitrogens with one attached hydrogen (secondary N) is 1. The van der Waals surface area contributed by atoms with E-state index in [4.69, 9.17) is 4.74 Å². The summed E-state index contributed by atoms with van der Waals surface area (Å²) in [6, 6.07) is 2.09. The summed E-state index contributed by atoms with van der Waals surface area (Å²) in [6.45, 7) is 3.82. The van der Waals surface area contributed by atoms with Gasteiger partial charge in [-0.05, 0) is 42.7 Å². The van der Waals surface area contributed by atoms with Crippen LogP contribution in [-0.4, -0.2) is 24.5 Å². The molecule has 0 radical (unpaired) electrons. The molecule has 1 fully saturated rings. The van der Waals surface area contributed by atoms with Gasteiger partial charge in [0.25, 0.3) is 5.91 Å². The van der Waals surface area contributed by atoms with Crippen LogP contribution in [0, 0.1) is 12.8 Å². The fourth-order valence-corrected chi connectivity index (χ4v) is 3.37. The van der Waals surface area contributed by atoms with Crippen LogP contribution in [0.3, 0.4) is 0 Å². The van der Waals surface area contributed by atoms with E-state index < -0.39 is 5.97 Å². The monoisotopic (exact) mass is 295 g/mol. The highest BCUT2D eigenvalue weighted by molar-refractivity contribution is 7.12. The summed E-state index contributed by atoms with van der Waals surface area (Å²) in [5.74, 6) is -0.112. The summed E-state index contributed by atoms with van der Waals surface area (Å²) in [6.07, 6.45) is 4.56. The number of carbonyl (C=O) groups is 2. The van der Waals surface area contributed by atoms with Crippen molar-refractivity contribution in [2.75, 3.05) is 6.61 Å². The molecule has 2 atom stereocenters. The number of rotatable bonds is 4. The number of amides is 1. The summed E-state index contributed by atoms with van der Waals surface area (Å²) in [4.78, 5) is 24.2. The zero-order valence-corrected chi connectivity index (χ0v) is 12.8. The van der Waals surface area contributed by atoms with Crippen LogP contribution in [0.1, 0.15) is 47.8 Å². The van der Waals surface area contributed by atoms with Crippen LogP contribution >= 0.6 is 11.3 Å². The predicted molar refractivity (Wildman–Crippen MR) is 78.9 cm³/mol. The molecular formula is C15H21NO3S. The first-order valence-electron chi connectivity index (χ1n) is 7.08. The van der Waals surface area contributed by atoms with E-state index >= 15 is 0 Å². The first kappa shape index (κ1) is 15.0. The second-order valence-electron chi connectivity index (χ2n) is 5.44. The number of aryl methyl sites for hydroxylation is 1. The van der Waals surface area contributed by atoms with Crippen molar-refractivity contribution in [3.05, 3.63) is 21.9 Å². The minimum Gasteiger partial charge on any atom is -0.451 e. The second-order valence-corrected chi connectivity index (χ2v) is 6.36. The number of hydrogen-bond acceptors (Lipinski definition) is 4. The van der Waals surface area contributed by atoms with Gasteiger partial charge in [0, 0.05) is 6.04 Å². The Bertz CT molecular complexity index is 483. The third-order valence-electron chi connectivity index (χ3n) is 3.84. The van der Waals surface area contributed by atoms with Gasteiger partial charge in [0.15, 0.2) is 6.61 Å². The lowest BCUT2D eigenvalue weighted by Gasteiger charge is -2.29. The van der Waals surface area contributed by atoms with Crippen LogP contribution < -0.4 is 5.32 Å². The van der Waals surface area contributed by atoms with E-state index in [1.807, 2.05) is 18.4 Å². The smallest absolute Gasteiger partial charge is 0.349 e. The van der Waals surface area contributed by atoms with Crippen molar-refractivity contribution in [3.8, 4) is 0 Å². The molecule has 110 valence electrons. The Balaban J connectivity index is 1.77. The summed E-state index contributed by atoms with van der Waals surface area (Å²) in [5.41, 5.74) is 0.890. The molecule has 1 amide bonds. The highest BCUT2D eigenvalue weighted by Gasteiger charge is 2.23. The minimum atomic E-state index is -0.413. The molecule has 1 aliphatic rings. The maximum Gasteiger partial charge on any atom is 0.349 e. The summed E-state index contributed by atoms with van der Waals surface area (Å²) in [5, 5.41) is 4.81. The molecule has 0 aromatic carbocycles. The van der Waals surface area contributed by atoms with Gasteiger partial charge in [0.05, 0.1) is 0 Å². The Labute approximate surface area is 123 Å². The van der Waals surface area contributed by atoms with Crippen molar-refractivity contribution in [1.29, 1.82) is 0 Å². The van der Waals surface area contributed by atoms with E-state index in [0.717, 1.165) is 24.8 Å². The molecule has 1 heterocycles. The number of thiophene rings is 1. The van der Waals surface area contributed by atoms with Gasteiger partial charge in [0.1, 0.15) is 4.88 Å². The Morgan fingerprint density at radius 2 is 2.15 bits per heavy atom. The van der Waals surface area contributed by atoms with Crippen LogP contribution in [0.5, 0.6) is 0 Å². The SMILES string of the molecule is Cc1ccsc1C(=O)OCC(=O)N[C@@H]1CCCC[C@H]1C. The molecule has 1 aromatic rings. The molecule has 0 aliphatic heterocycles. The Morgan fingerprint density at radius 1 is 1.40 bits per heavy atom. The normalized spacial score (nSPS) is 22.3. The average molecular weight is 295 g/mol. The summed E-state index contributed by atoms with van der Waals surface area (Å²) >= 11 is 1.34. The molecule has 1 saturated carbocycles. The molecular weight excluding hydrogens is 274 g/mol. The number of hydrogen-bond donors (Lipinski definition) is 1. The quantitative estimate of drug-likeness (QED) is 0.869. The Hall–Kier alpha value is -1.36. The lowest BCUT2D eigenvalue weighted by Crippen LogP contribution is -2.42. The number of esters is 1. The first-order chi connectivity index (χ1) is 9.58. The summed E-state index contributed by atoms with van der Waals surface area (Å²) in [7, 11) is 0. The van der Waals surface area contributed by atoms with Crippen molar-refractivity contribution in [1.82, 2.24) is 5.32 Å². The van der Waals surface area contributed by atoms with Gasteiger partial charge in [0.2, 0.25) is 0 Å². The molecule has 0 saturated heterocycles. The lowest BCUT2D eigenvalue weighted by molar-refractivity contribution is -0.125. The molecule has 1 aromatic heterocycles. The Morgan fingerprint density at radius 3 is 2.80 bits per heavy atom. The largest absolute Gasteiger partial charge is 0.451 e. The van der Waals surface area contributed by atoms with Gasteiger partial charge in [-0.3, -0.25) is 4.79 Å². The first-order valence-corrected chi connectivity index (χ1v) is 7.96. The van der Waals surface area contributed by atoms with Crippen molar-refractivity contribution >= 4 is 23.2 Å².